The predicted octanol–water partition coefficient (Wildman–Crippen LogP) is 3.49. The Hall–Kier alpha value is -2.55. The van der Waals surface area contributed by atoms with Crippen molar-refractivity contribution in [2.45, 2.75) is 0 Å². The molecule has 9 heteroatoms. The van der Waals surface area contributed by atoms with Gasteiger partial charge in [-0.3, -0.25) is 0 Å². The lowest BCUT2D eigenvalue weighted by molar-refractivity contribution is 0.396. The van der Waals surface area contributed by atoms with Crippen LogP contribution in [0.25, 0.3) is 11.0 Å². The quantitative estimate of drug-likeness (QED) is 0.733. The predicted molar refractivity (Wildman–Crippen MR) is 67.4 cm³/mol. The summed E-state index contributed by atoms with van der Waals surface area (Å²) in [5.74, 6) is -3.24. The summed E-state index contributed by atoms with van der Waals surface area (Å²) in [6.07, 6.45) is 2.88. The Bertz CT molecular complexity index is 796. The zero-order valence-electron chi connectivity index (χ0n) is 9.66. The van der Waals surface area contributed by atoms with Gasteiger partial charge in [0.1, 0.15) is 6.33 Å². The van der Waals surface area contributed by atoms with Crippen molar-refractivity contribution in [1.29, 1.82) is 0 Å². The van der Waals surface area contributed by atoms with E-state index in [1.54, 1.807) is 0 Å². The molecule has 6 nitrogen and oxygen atoms in total. The van der Waals surface area contributed by atoms with Gasteiger partial charge in [0.2, 0.25) is 0 Å². The molecule has 0 aliphatic rings. The summed E-state index contributed by atoms with van der Waals surface area (Å²) in [5.41, 5.74) is 0.415. The third kappa shape index (κ3) is 2.18. The van der Waals surface area contributed by atoms with Crippen LogP contribution in [0.1, 0.15) is 0 Å². The molecule has 0 fully saturated rings. The summed E-state index contributed by atoms with van der Waals surface area (Å²) in [7, 11) is 0. The Balaban J connectivity index is 1.98. The van der Waals surface area contributed by atoms with Gasteiger partial charge in [0, 0.05) is 18.3 Å². The Morgan fingerprint density at radius 2 is 1.90 bits per heavy atom. The highest BCUT2D eigenvalue weighted by atomic mass is 32.1. The molecule has 2 heterocycles. The largest absolute Gasteiger partial charge is 0.503 e. The van der Waals surface area contributed by atoms with E-state index in [0.717, 1.165) is 23.7 Å². The molecule has 0 spiro atoms. The normalized spacial score (nSPS) is 11.5. The fraction of sp³-hybridized carbons (Fsp3) is 0. The first-order chi connectivity index (χ1) is 9.65. The van der Waals surface area contributed by atoms with Crippen molar-refractivity contribution in [2.24, 2.45) is 10.2 Å². The van der Waals surface area contributed by atoms with Gasteiger partial charge >= 0.3 is 0 Å². The summed E-state index contributed by atoms with van der Waals surface area (Å²) in [6, 6.07) is 1.75. The fourth-order valence-electron chi connectivity index (χ4n) is 1.47. The molecule has 0 unspecified atom stereocenters. The van der Waals surface area contributed by atoms with Gasteiger partial charge < -0.3 is 5.11 Å². The third-order valence-corrected chi connectivity index (χ3v) is 3.14. The van der Waals surface area contributed by atoms with Gasteiger partial charge in [-0.15, -0.1) is 10.2 Å². The van der Waals surface area contributed by atoms with Crippen LogP contribution in [0.2, 0.25) is 0 Å². The molecule has 0 saturated heterocycles. The summed E-state index contributed by atoms with van der Waals surface area (Å²) in [5, 5.41) is 17.6. The van der Waals surface area contributed by atoms with Crippen molar-refractivity contribution in [1.82, 2.24) is 14.3 Å². The second kappa shape index (κ2) is 4.85. The van der Waals surface area contributed by atoms with E-state index >= 15 is 0 Å². The van der Waals surface area contributed by atoms with Crippen molar-refractivity contribution >= 4 is 33.3 Å². The molecule has 100 valence electrons. The minimum absolute atomic E-state index is 0.0591. The number of nitrogens with zero attached hydrogens (tertiary/aromatic N) is 5. The maximum absolute atomic E-state index is 13.1. The first kappa shape index (κ1) is 12.5. The van der Waals surface area contributed by atoms with Crippen LogP contribution >= 0.6 is 11.5 Å². The molecule has 0 amide bonds. The van der Waals surface area contributed by atoms with Crippen LogP contribution in [0.15, 0.2) is 34.9 Å². The molecule has 1 aromatic carbocycles. The SMILES string of the molecule is Oc1c(F)cc(N=Nc2snc3ncncc23)cc1F. The highest BCUT2D eigenvalue weighted by molar-refractivity contribution is 7.11. The zero-order valence-corrected chi connectivity index (χ0v) is 10.5. The highest BCUT2D eigenvalue weighted by Crippen LogP contribution is 2.31. The van der Waals surface area contributed by atoms with E-state index in [2.05, 4.69) is 24.6 Å². The number of phenolic OH excluding ortho intramolecular Hbond substituents is 1. The number of aromatic nitrogens is 3. The van der Waals surface area contributed by atoms with Crippen molar-refractivity contribution in [2.75, 3.05) is 0 Å². The van der Waals surface area contributed by atoms with Crippen LogP contribution < -0.4 is 0 Å². The van der Waals surface area contributed by atoms with Crippen LogP contribution in [0.3, 0.4) is 0 Å². The minimum atomic E-state index is -1.10. The van der Waals surface area contributed by atoms with Gasteiger partial charge in [-0.1, -0.05) is 0 Å². The van der Waals surface area contributed by atoms with E-state index in [9.17, 15) is 8.78 Å². The van der Waals surface area contributed by atoms with Gasteiger partial charge in [0.05, 0.1) is 11.1 Å². The van der Waals surface area contributed by atoms with Gasteiger partial charge in [-0.05, 0) is 11.5 Å². The average Bonchev–Trinajstić information content (AvgIpc) is 2.85. The van der Waals surface area contributed by atoms with Crippen LogP contribution in [0.5, 0.6) is 5.75 Å². The first-order valence-electron chi connectivity index (χ1n) is 5.30. The molecule has 1 N–H and O–H groups in total. The van der Waals surface area contributed by atoms with E-state index in [1.807, 2.05) is 0 Å². The molecule has 0 atom stereocenters. The molecule has 20 heavy (non-hydrogen) atoms. The second-order valence-electron chi connectivity index (χ2n) is 3.71. The molecule has 0 aliphatic heterocycles. The lowest BCUT2D eigenvalue weighted by atomic mass is 10.3. The van der Waals surface area contributed by atoms with Crippen molar-refractivity contribution < 1.29 is 13.9 Å². The van der Waals surface area contributed by atoms with Gasteiger partial charge in [0.15, 0.2) is 28.0 Å². The van der Waals surface area contributed by atoms with Gasteiger partial charge in [-0.2, -0.15) is 4.37 Å². The number of phenols is 1. The third-order valence-electron chi connectivity index (χ3n) is 2.40. The smallest absolute Gasteiger partial charge is 0.187 e. The van der Waals surface area contributed by atoms with E-state index in [4.69, 9.17) is 5.11 Å². The fourth-order valence-corrected chi connectivity index (χ4v) is 2.11. The Kier molecular flexibility index (Phi) is 3.03. The van der Waals surface area contributed by atoms with E-state index < -0.39 is 17.4 Å². The highest BCUT2D eigenvalue weighted by Gasteiger charge is 2.10. The molecule has 0 radical (unpaired) electrons. The Labute approximate surface area is 114 Å². The number of hydrogen-bond acceptors (Lipinski definition) is 7. The maximum Gasteiger partial charge on any atom is 0.187 e. The molecular weight excluding hydrogens is 288 g/mol. The summed E-state index contributed by atoms with van der Waals surface area (Å²) in [6.45, 7) is 0. The zero-order chi connectivity index (χ0) is 14.1. The number of aromatic hydroxyl groups is 1. The molecule has 3 rings (SSSR count). The average molecular weight is 293 g/mol. The maximum atomic E-state index is 13.1. The van der Waals surface area contributed by atoms with Crippen molar-refractivity contribution in [3.05, 3.63) is 36.3 Å². The number of azo groups is 1. The van der Waals surface area contributed by atoms with Crippen LogP contribution in [-0.4, -0.2) is 19.4 Å². The van der Waals surface area contributed by atoms with Crippen LogP contribution in [0, 0.1) is 11.6 Å². The van der Waals surface area contributed by atoms with E-state index in [1.165, 1.54) is 12.5 Å². The Morgan fingerprint density at radius 3 is 2.65 bits per heavy atom. The molecule has 0 saturated carbocycles. The molecule has 0 aliphatic carbocycles. The number of halogens is 2. The van der Waals surface area contributed by atoms with Gasteiger partial charge in [0.25, 0.3) is 0 Å². The molecule has 3 aromatic rings. The van der Waals surface area contributed by atoms with Crippen molar-refractivity contribution in [3.63, 3.8) is 0 Å². The lowest BCUT2D eigenvalue weighted by Gasteiger charge is -1.98. The first-order valence-corrected chi connectivity index (χ1v) is 6.07. The number of fused-ring (bicyclic) bond motifs is 1. The summed E-state index contributed by atoms with van der Waals surface area (Å²) >= 11 is 1.04. The number of benzene rings is 1. The molecule has 0 bridgehead atoms. The summed E-state index contributed by atoms with van der Waals surface area (Å²) < 4.78 is 30.3. The number of rotatable bonds is 2. The topological polar surface area (TPSA) is 83.6 Å². The van der Waals surface area contributed by atoms with Crippen molar-refractivity contribution in [3.8, 4) is 5.75 Å². The monoisotopic (exact) mass is 293 g/mol. The molecule has 2 aromatic heterocycles. The van der Waals surface area contributed by atoms with E-state index in [-0.39, 0.29) is 5.69 Å². The molecular formula is C11H5F2N5OS. The standard InChI is InChI=1S/C11H5F2N5OS/c12-7-1-5(2-8(13)9(7)19)16-17-11-6-3-14-4-15-10(6)18-20-11/h1-4,19H. The van der Waals surface area contributed by atoms with Gasteiger partial charge in [-0.25, -0.2) is 18.7 Å². The second-order valence-corrected chi connectivity index (χ2v) is 4.46. The minimum Gasteiger partial charge on any atom is -0.503 e. The lowest BCUT2D eigenvalue weighted by Crippen LogP contribution is -1.81. The van der Waals surface area contributed by atoms with Crippen LogP contribution in [-0.2, 0) is 0 Å². The number of hydrogen-bond donors (Lipinski definition) is 1. The van der Waals surface area contributed by atoms with Crippen LogP contribution in [0.4, 0.5) is 19.5 Å². The summed E-state index contributed by atoms with van der Waals surface area (Å²) in [4.78, 5) is 7.77. The Morgan fingerprint density at radius 1 is 1.15 bits per heavy atom. The van der Waals surface area contributed by atoms with E-state index in [0.29, 0.717) is 16.0 Å².